The Bertz CT molecular complexity index is 457. The van der Waals surface area contributed by atoms with Crippen LogP contribution in [-0.2, 0) is 16.1 Å². The number of methoxy groups -OCH3 is 1. The molecule has 0 fully saturated rings. The van der Waals surface area contributed by atoms with Crippen molar-refractivity contribution in [3.05, 3.63) is 39.9 Å². The fourth-order valence-corrected chi connectivity index (χ4v) is 1.81. The van der Waals surface area contributed by atoms with Gasteiger partial charge in [0.1, 0.15) is 0 Å². The first-order valence-corrected chi connectivity index (χ1v) is 6.48. The van der Waals surface area contributed by atoms with E-state index in [1.54, 1.807) is 12.1 Å². The van der Waals surface area contributed by atoms with Crippen LogP contribution in [0.2, 0.25) is 0 Å². The molecule has 6 nitrogen and oxygen atoms in total. The maximum atomic E-state index is 11.2. The summed E-state index contributed by atoms with van der Waals surface area (Å²) in [6.07, 6.45) is 0.335. The molecule has 110 valence electrons. The summed E-state index contributed by atoms with van der Waals surface area (Å²) in [7, 11) is 1.37. The fraction of sp³-hybridized carbons (Fsp3) is 0.500. The molecule has 0 radical (unpaired) electrons. The van der Waals surface area contributed by atoms with Crippen molar-refractivity contribution in [2.75, 3.05) is 13.7 Å². The highest BCUT2D eigenvalue weighted by atomic mass is 16.6. The van der Waals surface area contributed by atoms with Crippen LogP contribution in [0.4, 0.5) is 5.69 Å². The van der Waals surface area contributed by atoms with Gasteiger partial charge in [-0.15, -0.1) is 0 Å². The van der Waals surface area contributed by atoms with Crippen molar-refractivity contribution < 1.29 is 14.5 Å². The van der Waals surface area contributed by atoms with E-state index in [1.165, 1.54) is 19.2 Å². The first kappa shape index (κ1) is 16.1. The molecule has 1 aromatic carbocycles. The van der Waals surface area contributed by atoms with E-state index in [9.17, 15) is 14.9 Å². The van der Waals surface area contributed by atoms with Gasteiger partial charge in [0.15, 0.2) is 0 Å². The number of nitro benzene ring substituents is 1. The van der Waals surface area contributed by atoms with Gasteiger partial charge in [-0.05, 0) is 19.4 Å². The normalized spacial score (nSPS) is 10.8. The van der Waals surface area contributed by atoms with Crippen LogP contribution in [0.15, 0.2) is 24.3 Å². The van der Waals surface area contributed by atoms with Gasteiger partial charge >= 0.3 is 5.97 Å². The van der Waals surface area contributed by atoms with E-state index in [0.717, 1.165) is 5.56 Å². The number of hydrogen-bond donors (Lipinski definition) is 0. The lowest BCUT2D eigenvalue weighted by Gasteiger charge is -2.26. The van der Waals surface area contributed by atoms with E-state index in [2.05, 4.69) is 9.64 Å². The van der Waals surface area contributed by atoms with Crippen molar-refractivity contribution in [3.8, 4) is 0 Å². The van der Waals surface area contributed by atoms with Gasteiger partial charge in [-0.25, -0.2) is 0 Å². The standard InChI is InChI=1S/C14H20N2O4/c1-11(2)15(9-8-14(17)20-3)10-12-4-6-13(7-5-12)16(18)19/h4-7,11H,8-10H2,1-3H3. The molecule has 0 saturated carbocycles. The Morgan fingerprint density at radius 2 is 1.95 bits per heavy atom. The van der Waals surface area contributed by atoms with Crippen LogP contribution in [0.5, 0.6) is 0 Å². The van der Waals surface area contributed by atoms with E-state index in [-0.39, 0.29) is 17.7 Å². The van der Waals surface area contributed by atoms with Crippen molar-refractivity contribution in [2.45, 2.75) is 32.9 Å². The first-order chi connectivity index (χ1) is 9.43. The number of nitro groups is 1. The van der Waals surface area contributed by atoms with E-state index >= 15 is 0 Å². The molecule has 0 bridgehead atoms. The van der Waals surface area contributed by atoms with Gasteiger partial charge in [0.25, 0.3) is 5.69 Å². The van der Waals surface area contributed by atoms with E-state index < -0.39 is 4.92 Å². The molecule has 1 aromatic rings. The molecule has 0 saturated heterocycles. The SMILES string of the molecule is COC(=O)CCN(Cc1ccc([N+](=O)[O-])cc1)C(C)C. The number of nitrogens with zero attached hydrogens (tertiary/aromatic N) is 2. The van der Waals surface area contributed by atoms with Crippen molar-refractivity contribution in [1.82, 2.24) is 4.90 Å². The highest BCUT2D eigenvalue weighted by Crippen LogP contribution is 2.15. The predicted octanol–water partition coefficient (Wildman–Crippen LogP) is 2.37. The minimum Gasteiger partial charge on any atom is -0.469 e. The maximum Gasteiger partial charge on any atom is 0.306 e. The summed E-state index contributed by atoms with van der Waals surface area (Å²) < 4.78 is 4.63. The van der Waals surface area contributed by atoms with Crippen LogP contribution in [0.1, 0.15) is 25.8 Å². The Hall–Kier alpha value is -1.95. The number of rotatable bonds is 7. The van der Waals surface area contributed by atoms with Crippen LogP contribution in [0.25, 0.3) is 0 Å². The molecule has 0 atom stereocenters. The Morgan fingerprint density at radius 1 is 1.35 bits per heavy atom. The molecule has 20 heavy (non-hydrogen) atoms. The fourth-order valence-electron chi connectivity index (χ4n) is 1.81. The molecule has 1 rings (SSSR count). The van der Waals surface area contributed by atoms with Crippen molar-refractivity contribution in [3.63, 3.8) is 0 Å². The zero-order valence-electron chi connectivity index (χ0n) is 12.0. The third-order valence-corrected chi connectivity index (χ3v) is 3.09. The number of esters is 1. The Morgan fingerprint density at radius 3 is 2.40 bits per heavy atom. The quantitative estimate of drug-likeness (QED) is 0.435. The summed E-state index contributed by atoms with van der Waals surface area (Å²) in [5.41, 5.74) is 1.06. The van der Waals surface area contributed by atoms with Crippen LogP contribution < -0.4 is 0 Å². The minimum atomic E-state index is -0.415. The summed E-state index contributed by atoms with van der Waals surface area (Å²) in [5, 5.41) is 10.6. The summed E-state index contributed by atoms with van der Waals surface area (Å²) in [4.78, 5) is 23.5. The van der Waals surface area contributed by atoms with Crippen molar-refractivity contribution >= 4 is 11.7 Å². The van der Waals surface area contributed by atoms with Crippen LogP contribution in [-0.4, -0.2) is 35.5 Å². The lowest BCUT2D eigenvalue weighted by Crippen LogP contribution is -2.32. The van der Waals surface area contributed by atoms with Gasteiger partial charge in [0.05, 0.1) is 18.5 Å². The Labute approximate surface area is 118 Å². The van der Waals surface area contributed by atoms with Gasteiger partial charge in [0, 0.05) is 31.3 Å². The highest BCUT2D eigenvalue weighted by molar-refractivity contribution is 5.69. The van der Waals surface area contributed by atoms with E-state index in [4.69, 9.17) is 0 Å². The molecular weight excluding hydrogens is 260 g/mol. The second-order valence-electron chi connectivity index (χ2n) is 4.81. The average Bonchev–Trinajstić information content (AvgIpc) is 2.43. The molecule has 0 heterocycles. The minimum absolute atomic E-state index is 0.0828. The van der Waals surface area contributed by atoms with Crippen LogP contribution in [0.3, 0.4) is 0 Å². The summed E-state index contributed by atoms with van der Waals surface area (Å²) in [6, 6.07) is 6.74. The molecule has 6 heteroatoms. The molecule has 0 aliphatic heterocycles. The number of carbonyl (C=O) groups is 1. The number of ether oxygens (including phenoxy) is 1. The highest BCUT2D eigenvalue weighted by Gasteiger charge is 2.13. The molecule has 0 spiro atoms. The summed E-state index contributed by atoms with van der Waals surface area (Å²) in [5.74, 6) is -0.237. The van der Waals surface area contributed by atoms with Crippen LogP contribution in [0, 0.1) is 10.1 Å². The molecule has 0 aliphatic rings. The number of hydrogen-bond acceptors (Lipinski definition) is 5. The van der Waals surface area contributed by atoms with E-state index in [0.29, 0.717) is 19.5 Å². The summed E-state index contributed by atoms with van der Waals surface area (Å²) in [6.45, 7) is 5.33. The predicted molar refractivity (Wildman–Crippen MR) is 75.3 cm³/mol. The van der Waals surface area contributed by atoms with Gasteiger partial charge in [0.2, 0.25) is 0 Å². The smallest absolute Gasteiger partial charge is 0.306 e. The average molecular weight is 280 g/mol. The molecule has 0 N–H and O–H groups in total. The topological polar surface area (TPSA) is 72.7 Å². The van der Waals surface area contributed by atoms with Crippen LogP contribution >= 0.6 is 0 Å². The number of benzene rings is 1. The summed E-state index contributed by atoms with van der Waals surface area (Å²) >= 11 is 0. The second kappa shape index (κ2) is 7.59. The van der Waals surface area contributed by atoms with Gasteiger partial charge in [-0.3, -0.25) is 19.8 Å². The van der Waals surface area contributed by atoms with Crippen molar-refractivity contribution in [1.29, 1.82) is 0 Å². The maximum absolute atomic E-state index is 11.2. The van der Waals surface area contributed by atoms with Gasteiger partial charge < -0.3 is 4.74 Å². The Balaban J connectivity index is 2.65. The number of carbonyl (C=O) groups excluding carboxylic acids is 1. The van der Waals surface area contributed by atoms with E-state index in [1.807, 2.05) is 13.8 Å². The second-order valence-corrected chi connectivity index (χ2v) is 4.81. The lowest BCUT2D eigenvalue weighted by atomic mass is 10.1. The van der Waals surface area contributed by atoms with Gasteiger partial charge in [-0.2, -0.15) is 0 Å². The molecule has 0 aromatic heterocycles. The molecular formula is C14H20N2O4. The Kier molecular flexibility index (Phi) is 6.11. The molecule has 0 unspecified atom stereocenters. The van der Waals surface area contributed by atoms with Gasteiger partial charge in [-0.1, -0.05) is 12.1 Å². The van der Waals surface area contributed by atoms with Crippen molar-refractivity contribution in [2.24, 2.45) is 0 Å². The zero-order chi connectivity index (χ0) is 15.1. The first-order valence-electron chi connectivity index (χ1n) is 6.48. The molecule has 0 aliphatic carbocycles. The monoisotopic (exact) mass is 280 g/mol. The lowest BCUT2D eigenvalue weighted by molar-refractivity contribution is -0.384. The molecule has 0 amide bonds. The largest absolute Gasteiger partial charge is 0.469 e. The number of non-ortho nitro benzene ring substituents is 1. The third-order valence-electron chi connectivity index (χ3n) is 3.09. The zero-order valence-corrected chi connectivity index (χ0v) is 12.0. The third kappa shape index (κ3) is 4.97.